The van der Waals surface area contributed by atoms with Crippen molar-refractivity contribution in [1.29, 1.82) is 0 Å². The van der Waals surface area contributed by atoms with Crippen molar-refractivity contribution in [2.75, 3.05) is 7.05 Å². The van der Waals surface area contributed by atoms with Crippen molar-refractivity contribution in [2.45, 2.75) is 11.7 Å². The van der Waals surface area contributed by atoms with Gasteiger partial charge in [-0.25, -0.2) is 4.99 Å². The molecule has 0 N–H and O–H groups in total. The molecular formula is C12H10IN2O3S-. The first kappa shape index (κ1) is 14.3. The van der Waals surface area contributed by atoms with Crippen LogP contribution in [0.3, 0.4) is 0 Å². The van der Waals surface area contributed by atoms with Crippen molar-refractivity contribution in [3.05, 3.63) is 27.8 Å². The molecule has 1 saturated heterocycles. The number of hydrogen-bond acceptors (Lipinski definition) is 5. The van der Waals surface area contributed by atoms with Crippen LogP contribution in [0.25, 0.3) is 0 Å². The van der Waals surface area contributed by atoms with E-state index in [4.69, 9.17) is 0 Å². The van der Waals surface area contributed by atoms with E-state index < -0.39 is 11.2 Å². The number of hydrogen-bond donors (Lipinski definition) is 0. The molecule has 0 spiro atoms. The number of thioether (sulfide) groups is 1. The fourth-order valence-corrected chi connectivity index (χ4v) is 2.86. The molecule has 1 fully saturated rings. The molecule has 1 aliphatic heterocycles. The van der Waals surface area contributed by atoms with Crippen molar-refractivity contribution in [3.63, 3.8) is 0 Å². The van der Waals surface area contributed by atoms with Crippen LogP contribution in [0.1, 0.15) is 6.42 Å². The lowest BCUT2D eigenvalue weighted by atomic mass is 10.3. The number of aliphatic imine (C=N–C) groups is 1. The lowest BCUT2D eigenvalue weighted by Gasteiger charge is -2.29. The Labute approximate surface area is 128 Å². The van der Waals surface area contributed by atoms with Crippen molar-refractivity contribution >= 4 is 57.1 Å². The average Bonchev–Trinajstić information content (AvgIpc) is 2.37. The summed E-state index contributed by atoms with van der Waals surface area (Å²) in [6.45, 7) is 0. The van der Waals surface area contributed by atoms with E-state index in [-0.39, 0.29) is 12.3 Å². The van der Waals surface area contributed by atoms with Gasteiger partial charge in [-0.1, -0.05) is 11.8 Å². The third-order valence-corrected chi connectivity index (χ3v) is 4.52. The van der Waals surface area contributed by atoms with Crippen LogP contribution in [-0.2, 0) is 9.59 Å². The van der Waals surface area contributed by atoms with Gasteiger partial charge in [-0.2, -0.15) is 0 Å². The van der Waals surface area contributed by atoms with E-state index in [1.807, 2.05) is 24.3 Å². The van der Waals surface area contributed by atoms with Crippen molar-refractivity contribution in [2.24, 2.45) is 4.99 Å². The normalized spacial score (nSPS) is 21.8. The van der Waals surface area contributed by atoms with Crippen LogP contribution in [0.4, 0.5) is 5.69 Å². The Morgan fingerprint density at radius 2 is 2.11 bits per heavy atom. The molecule has 7 heteroatoms. The number of benzene rings is 1. The van der Waals surface area contributed by atoms with Gasteiger partial charge in [-0.15, -0.1) is 0 Å². The second-order valence-corrected chi connectivity index (χ2v) is 6.37. The minimum atomic E-state index is -1.23. The Morgan fingerprint density at radius 3 is 2.68 bits per heavy atom. The molecule has 100 valence electrons. The van der Waals surface area contributed by atoms with Crippen LogP contribution in [0.5, 0.6) is 0 Å². The van der Waals surface area contributed by atoms with E-state index in [1.54, 1.807) is 7.05 Å². The Kier molecular flexibility index (Phi) is 4.46. The van der Waals surface area contributed by atoms with Gasteiger partial charge < -0.3 is 9.90 Å². The lowest BCUT2D eigenvalue weighted by Crippen LogP contribution is -2.45. The Balaban J connectivity index is 2.27. The number of carbonyl (C=O) groups is 2. The molecule has 1 aliphatic rings. The zero-order chi connectivity index (χ0) is 14.0. The Morgan fingerprint density at radius 1 is 1.47 bits per heavy atom. The lowest BCUT2D eigenvalue weighted by molar-refractivity contribution is -0.304. The summed E-state index contributed by atoms with van der Waals surface area (Å²) >= 11 is 3.22. The highest BCUT2D eigenvalue weighted by molar-refractivity contribution is 14.1. The molecular weight excluding hydrogens is 379 g/mol. The third kappa shape index (κ3) is 3.47. The number of carbonyl (C=O) groups excluding carboxylic acids is 2. The molecule has 0 aromatic heterocycles. The van der Waals surface area contributed by atoms with Gasteiger partial charge in [0.25, 0.3) is 0 Å². The number of carboxylic acids is 1. The van der Waals surface area contributed by atoms with Crippen LogP contribution < -0.4 is 5.11 Å². The van der Waals surface area contributed by atoms with Crippen LogP contribution in [-0.4, -0.2) is 34.2 Å². The van der Waals surface area contributed by atoms with Gasteiger partial charge in [0.05, 0.1) is 16.9 Å². The second kappa shape index (κ2) is 5.91. The number of rotatable bonds is 2. The van der Waals surface area contributed by atoms with Crippen molar-refractivity contribution in [1.82, 2.24) is 4.90 Å². The highest BCUT2D eigenvalue weighted by Crippen LogP contribution is 2.27. The fraction of sp³-hybridized carbons (Fsp3) is 0.250. The Bertz CT molecular complexity index is 544. The summed E-state index contributed by atoms with van der Waals surface area (Å²) in [5, 5.41) is 10.4. The number of halogens is 1. The third-order valence-electron chi connectivity index (χ3n) is 2.58. The van der Waals surface area contributed by atoms with E-state index in [2.05, 4.69) is 27.6 Å². The molecule has 2 rings (SSSR count). The molecule has 1 amide bonds. The summed E-state index contributed by atoms with van der Waals surface area (Å²) in [6, 6.07) is 7.42. The van der Waals surface area contributed by atoms with Gasteiger partial charge in [-0.3, -0.25) is 9.69 Å². The van der Waals surface area contributed by atoms with Crippen LogP contribution in [0.15, 0.2) is 29.3 Å². The zero-order valence-electron chi connectivity index (χ0n) is 10.00. The van der Waals surface area contributed by atoms with E-state index in [0.717, 1.165) is 15.3 Å². The highest BCUT2D eigenvalue weighted by atomic mass is 127. The molecule has 0 saturated carbocycles. The summed E-state index contributed by atoms with van der Waals surface area (Å²) in [4.78, 5) is 28.3. The quantitative estimate of drug-likeness (QED) is 0.708. The molecule has 1 atom stereocenters. The summed E-state index contributed by atoms with van der Waals surface area (Å²) < 4.78 is 1.08. The largest absolute Gasteiger partial charge is 0.549 e. The smallest absolute Gasteiger partial charge is 0.229 e. The maximum absolute atomic E-state index is 11.7. The number of nitrogens with zero attached hydrogens (tertiary/aromatic N) is 2. The molecule has 19 heavy (non-hydrogen) atoms. The number of amides is 1. The van der Waals surface area contributed by atoms with Gasteiger partial charge in [0, 0.05) is 17.0 Å². The molecule has 0 aliphatic carbocycles. The predicted molar refractivity (Wildman–Crippen MR) is 80.0 cm³/mol. The van der Waals surface area contributed by atoms with Gasteiger partial charge in [-0.05, 0) is 46.9 Å². The topological polar surface area (TPSA) is 72.8 Å². The first-order chi connectivity index (χ1) is 8.97. The summed E-state index contributed by atoms with van der Waals surface area (Å²) in [5.41, 5.74) is 0.682. The van der Waals surface area contributed by atoms with Gasteiger partial charge in [0.2, 0.25) is 5.91 Å². The average molecular weight is 389 g/mol. The number of amidine groups is 1. The summed E-state index contributed by atoms with van der Waals surface area (Å²) in [7, 11) is 1.59. The van der Waals surface area contributed by atoms with Crippen molar-refractivity contribution < 1.29 is 14.7 Å². The van der Waals surface area contributed by atoms with Crippen LogP contribution in [0, 0.1) is 3.57 Å². The van der Waals surface area contributed by atoms with Gasteiger partial charge in [0.1, 0.15) is 0 Å². The molecule has 0 bridgehead atoms. The minimum absolute atomic E-state index is 0.0603. The maximum atomic E-state index is 11.7. The summed E-state index contributed by atoms with van der Waals surface area (Å²) in [6.07, 6.45) is -0.0603. The molecule has 0 unspecified atom stereocenters. The van der Waals surface area contributed by atoms with Crippen molar-refractivity contribution in [3.8, 4) is 0 Å². The van der Waals surface area contributed by atoms with Gasteiger partial charge >= 0.3 is 0 Å². The maximum Gasteiger partial charge on any atom is 0.229 e. The van der Waals surface area contributed by atoms with Crippen LogP contribution >= 0.6 is 34.4 Å². The van der Waals surface area contributed by atoms with E-state index in [9.17, 15) is 14.7 Å². The number of aliphatic carboxylic acids is 1. The first-order valence-electron chi connectivity index (χ1n) is 5.45. The van der Waals surface area contributed by atoms with Crippen LogP contribution in [0.2, 0.25) is 0 Å². The molecule has 1 aromatic carbocycles. The minimum Gasteiger partial charge on any atom is -0.549 e. The molecule has 5 nitrogen and oxygen atoms in total. The Hall–Kier alpha value is -1.09. The molecule has 0 radical (unpaired) electrons. The highest BCUT2D eigenvalue weighted by Gasteiger charge is 2.30. The monoisotopic (exact) mass is 389 g/mol. The van der Waals surface area contributed by atoms with E-state index >= 15 is 0 Å². The standard InChI is InChI=1S/C12H11IN2O3S/c1-15-10(16)6-9(11(17)18)19-12(15)14-8-4-2-7(13)3-5-8/h2-5,9H,6H2,1H3,(H,17,18)/p-1/t9-/m1/s1. The second-order valence-electron chi connectivity index (χ2n) is 3.95. The predicted octanol–water partition coefficient (Wildman–Crippen LogP) is 0.993. The first-order valence-corrected chi connectivity index (χ1v) is 7.41. The zero-order valence-corrected chi connectivity index (χ0v) is 13.0. The fourth-order valence-electron chi connectivity index (χ4n) is 1.51. The molecule has 1 heterocycles. The number of carboxylic acid groups (broad SMARTS) is 1. The SMILES string of the molecule is CN1C(=O)C[C@H](C(=O)[O-])SC1=Nc1ccc(I)cc1. The summed E-state index contributed by atoms with van der Waals surface area (Å²) in [5.74, 6) is -1.50. The van der Waals surface area contributed by atoms with E-state index in [0.29, 0.717) is 10.9 Å². The van der Waals surface area contributed by atoms with Gasteiger partial charge in [0.15, 0.2) is 5.17 Å². The van der Waals surface area contributed by atoms with E-state index in [1.165, 1.54) is 4.90 Å². The molecule has 1 aromatic rings.